The second kappa shape index (κ2) is 5.85. The fourth-order valence-electron chi connectivity index (χ4n) is 1.21. The Morgan fingerprint density at radius 3 is 2.59 bits per heavy atom. The van der Waals surface area contributed by atoms with Gasteiger partial charge in [0, 0.05) is 0 Å². The van der Waals surface area contributed by atoms with Crippen molar-refractivity contribution >= 4 is 17.6 Å². The number of carbonyl (C=O) groups excluding carboxylic acids is 1. The average Bonchev–Trinajstić information content (AvgIpc) is 2.37. The van der Waals surface area contributed by atoms with Crippen molar-refractivity contribution in [1.29, 1.82) is 0 Å². The van der Waals surface area contributed by atoms with Crippen LogP contribution in [0, 0.1) is 0 Å². The van der Waals surface area contributed by atoms with Crippen molar-refractivity contribution in [1.82, 2.24) is 9.97 Å². The van der Waals surface area contributed by atoms with Crippen LogP contribution >= 0.6 is 0 Å². The van der Waals surface area contributed by atoms with E-state index in [0.29, 0.717) is 17.4 Å². The number of hydrogen-bond acceptors (Lipinski definition) is 8. The Morgan fingerprint density at radius 1 is 1.41 bits per heavy atom. The molecule has 0 aliphatic rings. The molecule has 0 saturated carbocycles. The number of esters is 1. The molecule has 1 aromatic heterocycles. The van der Waals surface area contributed by atoms with Crippen LogP contribution in [-0.4, -0.2) is 36.2 Å². The topological polar surface area (TPSA) is 111 Å². The standard InChI is InChI=1S/C9H15N5O3/c1-5(9(15)17-3)13-7-6(16-2)8(14-10)12-4-11-7/h4-5H,10H2,1-3H3,(H2,11,12,13,14). The molecule has 1 aromatic rings. The lowest BCUT2D eigenvalue weighted by molar-refractivity contribution is -0.141. The van der Waals surface area contributed by atoms with E-state index in [1.165, 1.54) is 20.5 Å². The third-order valence-electron chi connectivity index (χ3n) is 2.05. The van der Waals surface area contributed by atoms with Crippen molar-refractivity contribution < 1.29 is 14.3 Å². The maximum Gasteiger partial charge on any atom is 0.328 e. The Morgan fingerprint density at radius 2 is 2.06 bits per heavy atom. The van der Waals surface area contributed by atoms with Crippen molar-refractivity contribution in [3.63, 3.8) is 0 Å². The normalized spacial score (nSPS) is 11.5. The monoisotopic (exact) mass is 241 g/mol. The molecule has 0 saturated heterocycles. The molecule has 0 amide bonds. The van der Waals surface area contributed by atoms with E-state index in [1.807, 2.05) is 0 Å². The van der Waals surface area contributed by atoms with E-state index < -0.39 is 12.0 Å². The summed E-state index contributed by atoms with van der Waals surface area (Å²) in [4.78, 5) is 19.1. The van der Waals surface area contributed by atoms with Crippen molar-refractivity contribution in [2.45, 2.75) is 13.0 Å². The van der Waals surface area contributed by atoms with Gasteiger partial charge in [-0.25, -0.2) is 20.6 Å². The highest BCUT2D eigenvalue weighted by Crippen LogP contribution is 2.28. The number of hydrogen-bond donors (Lipinski definition) is 3. The predicted molar refractivity (Wildman–Crippen MR) is 61.5 cm³/mol. The number of nitrogens with zero attached hydrogens (tertiary/aromatic N) is 2. The van der Waals surface area contributed by atoms with Gasteiger partial charge in [0.15, 0.2) is 11.6 Å². The molecule has 0 radical (unpaired) electrons. The molecule has 1 unspecified atom stereocenters. The van der Waals surface area contributed by atoms with Gasteiger partial charge in [-0.05, 0) is 6.92 Å². The molecule has 0 bridgehead atoms. The van der Waals surface area contributed by atoms with Gasteiger partial charge in [-0.1, -0.05) is 0 Å². The van der Waals surface area contributed by atoms with Gasteiger partial charge < -0.3 is 20.2 Å². The van der Waals surface area contributed by atoms with Gasteiger partial charge in [-0.15, -0.1) is 0 Å². The quantitative estimate of drug-likeness (QED) is 0.367. The minimum atomic E-state index is -0.561. The zero-order valence-electron chi connectivity index (χ0n) is 9.85. The lowest BCUT2D eigenvalue weighted by Gasteiger charge is -2.15. The first kappa shape index (κ1) is 13.0. The summed E-state index contributed by atoms with van der Waals surface area (Å²) in [7, 11) is 2.76. The van der Waals surface area contributed by atoms with Crippen LogP contribution < -0.4 is 21.3 Å². The Labute approximate surface area is 98.5 Å². The summed E-state index contributed by atoms with van der Waals surface area (Å²) in [6, 6.07) is -0.561. The maximum absolute atomic E-state index is 11.3. The van der Waals surface area contributed by atoms with Crippen LogP contribution in [0.3, 0.4) is 0 Å². The van der Waals surface area contributed by atoms with E-state index in [2.05, 4.69) is 25.4 Å². The second-order valence-electron chi connectivity index (χ2n) is 3.14. The molecule has 4 N–H and O–H groups in total. The first-order valence-corrected chi connectivity index (χ1v) is 4.84. The molecule has 8 nitrogen and oxygen atoms in total. The van der Waals surface area contributed by atoms with E-state index in [0.717, 1.165) is 0 Å². The van der Waals surface area contributed by atoms with Gasteiger partial charge >= 0.3 is 5.97 Å². The number of rotatable bonds is 5. The van der Waals surface area contributed by atoms with E-state index in [1.54, 1.807) is 6.92 Å². The smallest absolute Gasteiger partial charge is 0.328 e. The van der Waals surface area contributed by atoms with Crippen LogP contribution in [0.15, 0.2) is 6.33 Å². The summed E-state index contributed by atoms with van der Waals surface area (Å²) in [6.45, 7) is 1.64. The average molecular weight is 241 g/mol. The molecular weight excluding hydrogens is 226 g/mol. The van der Waals surface area contributed by atoms with Crippen LogP contribution in [0.1, 0.15) is 6.92 Å². The molecule has 0 aliphatic heterocycles. The molecular formula is C9H15N5O3. The SMILES string of the molecule is COC(=O)C(C)Nc1ncnc(NN)c1OC. The van der Waals surface area contributed by atoms with Crippen molar-refractivity contribution in [2.75, 3.05) is 25.0 Å². The highest BCUT2D eigenvalue weighted by Gasteiger charge is 2.18. The van der Waals surface area contributed by atoms with Crippen LogP contribution in [0.4, 0.5) is 11.6 Å². The minimum Gasteiger partial charge on any atom is -0.490 e. The number of aromatic nitrogens is 2. The number of carbonyl (C=O) groups is 1. The van der Waals surface area contributed by atoms with Gasteiger partial charge in [0.1, 0.15) is 12.4 Å². The minimum absolute atomic E-state index is 0.321. The Hall–Kier alpha value is -2.09. The van der Waals surface area contributed by atoms with E-state index in [-0.39, 0.29) is 0 Å². The summed E-state index contributed by atoms with van der Waals surface area (Å²) >= 11 is 0. The zero-order chi connectivity index (χ0) is 12.8. The molecule has 17 heavy (non-hydrogen) atoms. The van der Waals surface area contributed by atoms with Crippen molar-refractivity contribution in [2.24, 2.45) is 5.84 Å². The fourth-order valence-corrected chi connectivity index (χ4v) is 1.21. The molecule has 1 atom stereocenters. The zero-order valence-corrected chi connectivity index (χ0v) is 9.85. The van der Waals surface area contributed by atoms with Crippen LogP contribution in [0.2, 0.25) is 0 Å². The fraction of sp³-hybridized carbons (Fsp3) is 0.444. The second-order valence-corrected chi connectivity index (χ2v) is 3.14. The van der Waals surface area contributed by atoms with E-state index in [4.69, 9.17) is 10.6 Å². The van der Waals surface area contributed by atoms with Crippen molar-refractivity contribution in [3.05, 3.63) is 6.33 Å². The first-order chi connectivity index (χ1) is 8.13. The summed E-state index contributed by atoms with van der Waals surface area (Å²) in [5.74, 6) is 5.86. The number of methoxy groups -OCH3 is 2. The van der Waals surface area contributed by atoms with Crippen LogP contribution in [0.5, 0.6) is 5.75 Å². The molecule has 1 heterocycles. The van der Waals surface area contributed by atoms with Crippen LogP contribution in [0.25, 0.3) is 0 Å². The molecule has 0 spiro atoms. The highest BCUT2D eigenvalue weighted by atomic mass is 16.5. The van der Waals surface area contributed by atoms with Crippen LogP contribution in [-0.2, 0) is 9.53 Å². The first-order valence-electron chi connectivity index (χ1n) is 4.84. The number of nitrogens with one attached hydrogen (secondary N) is 2. The Kier molecular flexibility index (Phi) is 4.46. The number of ether oxygens (including phenoxy) is 2. The maximum atomic E-state index is 11.3. The highest BCUT2D eigenvalue weighted by molar-refractivity contribution is 5.79. The summed E-state index contributed by atoms with van der Waals surface area (Å²) in [5, 5.41) is 2.84. The summed E-state index contributed by atoms with van der Waals surface area (Å²) < 4.78 is 9.69. The van der Waals surface area contributed by atoms with Gasteiger partial charge in [-0.3, -0.25) is 0 Å². The number of nitrogens with two attached hydrogens (primary N) is 1. The van der Waals surface area contributed by atoms with Gasteiger partial charge in [0.25, 0.3) is 0 Å². The summed E-state index contributed by atoms with van der Waals surface area (Å²) in [5.41, 5.74) is 2.37. The largest absolute Gasteiger partial charge is 0.490 e. The molecule has 0 aromatic carbocycles. The predicted octanol–water partition coefficient (Wildman–Crippen LogP) is -0.256. The number of hydrazine groups is 1. The van der Waals surface area contributed by atoms with Gasteiger partial charge in [0.2, 0.25) is 5.75 Å². The van der Waals surface area contributed by atoms with Gasteiger partial charge in [-0.2, -0.15) is 0 Å². The Bertz CT molecular complexity index is 398. The number of anilines is 2. The molecule has 94 valence electrons. The number of nitrogen functional groups attached to an aromatic ring is 1. The lowest BCUT2D eigenvalue weighted by Crippen LogP contribution is -2.28. The third-order valence-corrected chi connectivity index (χ3v) is 2.05. The lowest BCUT2D eigenvalue weighted by atomic mass is 10.3. The molecule has 0 aliphatic carbocycles. The molecule has 8 heteroatoms. The van der Waals surface area contributed by atoms with Crippen molar-refractivity contribution in [3.8, 4) is 5.75 Å². The summed E-state index contributed by atoms with van der Waals surface area (Å²) in [6.07, 6.45) is 1.30. The van der Waals surface area contributed by atoms with E-state index >= 15 is 0 Å². The van der Waals surface area contributed by atoms with Gasteiger partial charge in [0.05, 0.1) is 14.2 Å². The molecule has 0 fully saturated rings. The molecule has 1 rings (SSSR count). The Balaban J connectivity index is 2.94. The van der Waals surface area contributed by atoms with E-state index in [9.17, 15) is 4.79 Å². The third kappa shape index (κ3) is 2.94.